The Hall–Kier alpha value is -1.07. The summed E-state index contributed by atoms with van der Waals surface area (Å²) < 4.78 is 0. The highest BCUT2D eigenvalue weighted by atomic mass is 35.5. The summed E-state index contributed by atoms with van der Waals surface area (Å²) in [6.45, 7) is 0.556. The van der Waals surface area contributed by atoms with Crippen molar-refractivity contribution in [2.24, 2.45) is 0 Å². The van der Waals surface area contributed by atoms with E-state index in [0.717, 1.165) is 4.88 Å². The molecule has 1 aromatic heterocycles. The molecule has 1 heterocycles. The van der Waals surface area contributed by atoms with Gasteiger partial charge < -0.3 is 10.2 Å². The van der Waals surface area contributed by atoms with Gasteiger partial charge in [0.05, 0.1) is 13.1 Å². The van der Waals surface area contributed by atoms with Crippen LogP contribution in [-0.2, 0) is 16.1 Å². The van der Waals surface area contributed by atoms with E-state index in [1.807, 2.05) is 17.5 Å². The zero-order valence-electron chi connectivity index (χ0n) is 8.90. The van der Waals surface area contributed by atoms with Gasteiger partial charge in [-0.2, -0.15) is 0 Å². The summed E-state index contributed by atoms with van der Waals surface area (Å²) in [6, 6.07) is 3.90. The van der Waals surface area contributed by atoms with E-state index in [2.05, 4.69) is 5.32 Å². The molecule has 0 bridgehead atoms. The van der Waals surface area contributed by atoms with E-state index >= 15 is 0 Å². The van der Waals surface area contributed by atoms with Gasteiger partial charge in [0.2, 0.25) is 11.8 Å². The monoisotopic (exact) mass is 260 g/mol. The number of nitrogens with one attached hydrogen (secondary N) is 1. The lowest BCUT2D eigenvalue weighted by Crippen LogP contribution is -2.38. The SMILES string of the molecule is CN(Cc1cccs1)C(=O)CNC(=O)CCl. The fourth-order valence-corrected chi connectivity index (χ4v) is 1.93. The van der Waals surface area contributed by atoms with Crippen molar-refractivity contribution in [2.45, 2.75) is 6.54 Å². The first-order valence-corrected chi connectivity index (χ1v) is 6.14. The lowest BCUT2D eigenvalue weighted by atomic mass is 10.4. The van der Waals surface area contributed by atoms with Gasteiger partial charge in [-0.1, -0.05) is 6.07 Å². The molecule has 0 aromatic carbocycles. The molecule has 0 saturated carbocycles. The minimum atomic E-state index is -0.334. The van der Waals surface area contributed by atoms with Gasteiger partial charge in [0.25, 0.3) is 0 Å². The van der Waals surface area contributed by atoms with Crippen LogP contribution in [0.4, 0.5) is 0 Å². The quantitative estimate of drug-likeness (QED) is 0.805. The number of halogens is 1. The zero-order valence-corrected chi connectivity index (χ0v) is 10.5. The Balaban J connectivity index is 2.33. The first-order valence-electron chi connectivity index (χ1n) is 4.72. The normalized spacial score (nSPS) is 9.88. The zero-order chi connectivity index (χ0) is 12.0. The largest absolute Gasteiger partial charge is 0.346 e. The molecule has 4 nitrogen and oxygen atoms in total. The van der Waals surface area contributed by atoms with Crippen molar-refractivity contribution in [2.75, 3.05) is 19.5 Å². The number of amides is 2. The maximum absolute atomic E-state index is 11.6. The van der Waals surface area contributed by atoms with Crippen LogP contribution in [-0.4, -0.2) is 36.2 Å². The second-order valence-corrected chi connectivity index (χ2v) is 4.54. The highest BCUT2D eigenvalue weighted by Gasteiger charge is 2.10. The second-order valence-electron chi connectivity index (χ2n) is 3.24. The fourth-order valence-electron chi connectivity index (χ4n) is 1.08. The predicted molar refractivity (Wildman–Crippen MR) is 64.5 cm³/mol. The van der Waals surface area contributed by atoms with Crippen molar-refractivity contribution in [1.82, 2.24) is 10.2 Å². The predicted octanol–water partition coefficient (Wildman–Crippen LogP) is 1.06. The average Bonchev–Trinajstić information content (AvgIpc) is 2.77. The van der Waals surface area contributed by atoms with Gasteiger partial charge in [-0.3, -0.25) is 9.59 Å². The Bertz CT molecular complexity index is 354. The second kappa shape index (κ2) is 6.50. The van der Waals surface area contributed by atoms with Crippen LogP contribution in [0.3, 0.4) is 0 Å². The molecular formula is C10H13ClN2O2S. The molecule has 1 aromatic rings. The summed E-state index contributed by atoms with van der Waals surface area (Å²) in [4.78, 5) is 25.1. The lowest BCUT2D eigenvalue weighted by Gasteiger charge is -2.16. The highest BCUT2D eigenvalue weighted by Crippen LogP contribution is 2.10. The molecule has 0 atom stereocenters. The van der Waals surface area contributed by atoms with Crippen LogP contribution >= 0.6 is 22.9 Å². The third-order valence-electron chi connectivity index (χ3n) is 1.96. The number of carbonyl (C=O) groups excluding carboxylic acids is 2. The minimum absolute atomic E-state index is 0.00652. The van der Waals surface area contributed by atoms with Crippen molar-refractivity contribution in [1.29, 1.82) is 0 Å². The van der Waals surface area contributed by atoms with Gasteiger partial charge in [0, 0.05) is 11.9 Å². The summed E-state index contributed by atoms with van der Waals surface area (Å²) in [7, 11) is 1.70. The van der Waals surface area contributed by atoms with Crippen molar-refractivity contribution in [3.8, 4) is 0 Å². The van der Waals surface area contributed by atoms with E-state index in [9.17, 15) is 9.59 Å². The van der Waals surface area contributed by atoms with Crippen molar-refractivity contribution in [3.63, 3.8) is 0 Å². The van der Waals surface area contributed by atoms with Crippen molar-refractivity contribution < 1.29 is 9.59 Å². The molecule has 1 N–H and O–H groups in total. The number of thiophene rings is 1. The van der Waals surface area contributed by atoms with Crippen LogP contribution in [0.2, 0.25) is 0 Å². The van der Waals surface area contributed by atoms with E-state index in [4.69, 9.17) is 11.6 Å². The Labute approximate surface area is 103 Å². The van der Waals surface area contributed by atoms with E-state index in [0.29, 0.717) is 6.54 Å². The maximum atomic E-state index is 11.6. The maximum Gasteiger partial charge on any atom is 0.242 e. The molecule has 0 unspecified atom stereocenters. The van der Waals surface area contributed by atoms with Crippen LogP contribution in [0.5, 0.6) is 0 Å². The number of alkyl halides is 1. The van der Waals surface area contributed by atoms with Crippen LogP contribution in [0, 0.1) is 0 Å². The van der Waals surface area contributed by atoms with Crippen LogP contribution in [0.1, 0.15) is 4.88 Å². The van der Waals surface area contributed by atoms with E-state index < -0.39 is 0 Å². The number of likely N-dealkylation sites (N-methyl/N-ethyl adjacent to an activating group) is 1. The van der Waals surface area contributed by atoms with Gasteiger partial charge >= 0.3 is 0 Å². The molecule has 2 amide bonds. The molecule has 88 valence electrons. The number of hydrogen-bond donors (Lipinski definition) is 1. The first kappa shape index (κ1) is 13.0. The summed E-state index contributed by atoms with van der Waals surface area (Å²) in [6.07, 6.45) is 0. The molecule has 0 spiro atoms. The lowest BCUT2D eigenvalue weighted by molar-refractivity contribution is -0.131. The molecule has 0 aliphatic rings. The smallest absolute Gasteiger partial charge is 0.242 e. The molecule has 0 radical (unpaired) electrons. The molecule has 16 heavy (non-hydrogen) atoms. The molecular weight excluding hydrogens is 248 g/mol. The third-order valence-corrected chi connectivity index (χ3v) is 3.06. The minimum Gasteiger partial charge on any atom is -0.346 e. The van der Waals surface area contributed by atoms with Crippen molar-refractivity contribution >= 4 is 34.8 Å². The van der Waals surface area contributed by atoms with Crippen LogP contribution in [0.25, 0.3) is 0 Å². The Morgan fingerprint density at radius 1 is 1.56 bits per heavy atom. The van der Waals surface area contributed by atoms with Gasteiger partial charge in [-0.05, 0) is 11.4 Å². The standard InChI is InChI=1S/C10H13ClN2O2S/c1-13(7-8-3-2-4-16-8)10(15)6-12-9(14)5-11/h2-4H,5-7H2,1H3,(H,12,14). The number of rotatable bonds is 5. The average molecular weight is 261 g/mol. The van der Waals surface area contributed by atoms with E-state index in [1.54, 1.807) is 23.3 Å². The number of hydrogen-bond acceptors (Lipinski definition) is 3. The molecule has 0 fully saturated rings. The molecule has 6 heteroatoms. The van der Waals surface area contributed by atoms with Crippen LogP contribution < -0.4 is 5.32 Å². The summed E-state index contributed by atoms with van der Waals surface area (Å²) in [5.74, 6) is -0.589. The summed E-state index contributed by atoms with van der Waals surface area (Å²) in [5, 5.41) is 4.40. The summed E-state index contributed by atoms with van der Waals surface area (Å²) >= 11 is 6.89. The van der Waals surface area contributed by atoms with Crippen LogP contribution in [0.15, 0.2) is 17.5 Å². The van der Waals surface area contributed by atoms with E-state index in [1.165, 1.54) is 0 Å². The van der Waals surface area contributed by atoms with E-state index in [-0.39, 0.29) is 24.2 Å². The Morgan fingerprint density at radius 2 is 2.31 bits per heavy atom. The number of carbonyl (C=O) groups is 2. The molecule has 1 rings (SSSR count). The first-order chi connectivity index (χ1) is 7.63. The molecule has 0 aliphatic carbocycles. The molecule has 0 aliphatic heterocycles. The highest BCUT2D eigenvalue weighted by molar-refractivity contribution is 7.09. The fraction of sp³-hybridized carbons (Fsp3) is 0.400. The summed E-state index contributed by atoms with van der Waals surface area (Å²) in [5.41, 5.74) is 0. The van der Waals surface area contributed by atoms with Gasteiger partial charge in [-0.15, -0.1) is 22.9 Å². The van der Waals surface area contributed by atoms with Crippen molar-refractivity contribution in [3.05, 3.63) is 22.4 Å². The number of nitrogens with zero attached hydrogens (tertiary/aromatic N) is 1. The van der Waals surface area contributed by atoms with Gasteiger partial charge in [0.1, 0.15) is 5.88 Å². The Morgan fingerprint density at radius 3 is 2.88 bits per heavy atom. The molecule has 0 saturated heterocycles. The van der Waals surface area contributed by atoms with Gasteiger partial charge in [-0.25, -0.2) is 0 Å². The topological polar surface area (TPSA) is 49.4 Å². The Kier molecular flexibility index (Phi) is 5.28. The third kappa shape index (κ3) is 4.20. The van der Waals surface area contributed by atoms with Gasteiger partial charge in [0.15, 0.2) is 0 Å².